The van der Waals surface area contributed by atoms with Crippen molar-refractivity contribution in [1.82, 2.24) is 14.9 Å². The predicted molar refractivity (Wildman–Crippen MR) is 74.0 cm³/mol. The van der Waals surface area contributed by atoms with Crippen LogP contribution in [0.25, 0.3) is 0 Å². The molecule has 0 saturated carbocycles. The van der Waals surface area contributed by atoms with Crippen LogP contribution in [-0.4, -0.2) is 40.9 Å². The molecule has 1 N–H and O–H groups in total. The second-order valence-electron chi connectivity index (χ2n) is 4.46. The number of para-hydroxylation sites is 1. The van der Waals surface area contributed by atoms with Crippen LogP contribution in [0.1, 0.15) is 10.4 Å². The van der Waals surface area contributed by atoms with Crippen molar-refractivity contribution in [2.75, 3.05) is 25.5 Å². The summed E-state index contributed by atoms with van der Waals surface area (Å²) in [5, 5.41) is 3.12. The number of nitrogens with one attached hydrogen (secondary N) is 1. The lowest BCUT2D eigenvalue weighted by molar-refractivity contribution is 0.0797. The van der Waals surface area contributed by atoms with E-state index in [1.54, 1.807) is 36.5 Å². The zero-order chi connectivity index (χ0) is 13.9. The molecule has 0 unspecified atom stereocenters. The first-order valence-electron chi connectivity index (χ1n) is 6.33. The van der Waals surface area contributed by atoms with Crippen molar-refractivity contribution in [2.45, 2.75) is 0 Å². The normalized spacial score (nSPS) is 14.7. The van der Waals surface area contributed by atoms with E-state index >= 15 is 0 Å². The van der Waals surface area contributed by atoms with Gasteiger partial charge < -0.3 is 15.0 Å². The van der Waals surface area contributed by atoms with Crippen LogP contribution in [0.4, 0.5) is 5.82 Å². The van der Waals surface area contributed by atoms with Gasteiger partial charge in [0.1, 0.15) is 5.75 Å². The first-order valence-corrected chi connectivity index (χ1v) is 6.33. The Kier molecular flexibility index (Phi) is 3.20. The zero-order valence-corrected chi connectivity index (χ0v) is 11.0. The molecule has 102 valence electrons. The second-order valence-corrected chi connectivity index (χ2v) is 4.46. The Balaban J connectivity index is 2.08. The van der Waals surface area contributed by atoms with Gasteiger partial charge in [-0.15, -0.1) is 0 Å². The molecule has 1 aromatic carbocycles. The lowest BCUT2D eigenvalue weighted by atomic mass is 10.1. The molecule has 2 aromatic rings. The molecule has 1 aromatic heterocycles. The molecule has 1 amide bonds. The van der Waals surface area contributed by atoms with Crippen LogP contribution in [0.15, 0.2) is 36.7 Å². The van der Waals surface area contributed by atoms with Crippen LogP contribution in [0.2, 0.25) is 0 Å². The Bertz CT molecular complexity index is 645. The lowest BCUT2D eigenvalue weighted by Gasteiger charge is -2.21. The third-order valence-corrected chi connectivity index (χ3v) is 3.08. The van der Waals surface area contributed by atoms with Crippen molar-refractivity contribution in [1.29, 1.82) is 0 Å². The molecule has 0 saturated heterocycles. The maximum atomic E-state index is 12.3. The van der Waals surface area contributed by atoms with E-state index in [9.17, 15) is 4.79 Å². The highest BCUT2D eigenvalue weighted by atomic mass is 16.5. The van der Waals surface area contributed by atoms with Crippen molar-refractivity contribution in [3.05, 3.63) is 42.2 Å². The van der Waals surface area contributed by atoms with E-state index < -0.39 is 0 Å². The molecule has 20 heavy (non-hydrogen) atoms. The number of rotatable bonds is 0. The second kappa shape index (κ2) is 5.16. The number of carbonyl (C=O) groups excluding carboxylic acids is 1. The number of carbonyl (C=O) groups is 1. The van der Waals surface area contributed by atoms with Gasteiger partial charge in [0.05, 0.1) is 5.56 Å². The van der Waals surface area contributed by atoms with Gasteiger partial charge in [-0.05, 0) is 12.1 Å². The van der Waals surface area contributed by atoms with Gasteiger partial charge in [0, 0.05) is 32.5 Å². The highest BCUT2D eigenvalue weighted by Crippen LogP contribution is 2.29. The number of likely N-dealkylation sites (N-methyl/N-ethyl adjacent to an activating group) is 1. The van der Waals surface area contributed by atoms with Crippen molar-refractivity contribution >= 4 is 11.7 Å². The molecule has 2 heterocycles. The van der Waals surface area contributed by atoms with Crippen LogP contribution in [0.5, 0.6) is 11.6 Å². The first-order chi connectivity index (χ1) is 9.75. The van der Waals surface area contributed by atoms with Crippen LogP contribution in [-0.2, 0) is 0 Å². The highest BCUT2D eigenvalue weighted by Gasteiger charge is 2.20. The minimum absolute atomic E-state index is 0.0743. The molecule has 0 fully saturated rings. The first kappa shape index (κ1) is 12.4. The summed E-state index contributed by atoms with van der Waals surface area (Å²) in [6, 6.07) is 7.14. The van der Waals surface area contributed by atoms with Gasteiger partial charge in [-0.1, -0.05) is 12.1 Å². The standard InChI is InChI=1S/C14H14N4O2/c1-18-9-8-16-12-13(17-7-6-15-12)20-11-5-3-2-4-10(11)14(18)19/h2-7H,8-9H2,1H3,(H,15,16). The van der Waals surface area contributed by atoms with Crippen molar-refractivity contribution in [2.24, 2.45) is 0 Å². The molecule has 0 atom stereocenters. The Morgan fingerprint density at radius 2 is 2.05 bits per heavy atom. The van der Waals surface area contributed by atoms with Crippen molar-refractivity contribution in [3.63, 3.8) is 0 Å². The molecule has 0 bridgehead atoms. The third kappa shape index (κ3) is 2.27. The minimum Gasteiger partial charge on any atom is -0.435 e. The molecular weight excluding hydrogens is 256 g/mol. The average molecular weight is 270 g/mol. The number of benzene rings is 1. The van der Waals surface area contributed by atoms with Gasteiger partial charge in [-0.2, -0.15) is 0 Å². The fourth-order valence-electron chi connectivity index (χ4n) is 2.01. The molecule has 0 spiro atoms. The van der Waals surface area contributed by atoms with E-state index in [0.717, 1.165) is 0 Å². The van der Waals surface area contributed by atoms with Gasteiger partial charge >= 0.3 is 0 Å². The highest BCUT2D eigenvalue weighted by molar-refractivity contribution is 5.97. The summed E-state index contributed by atoms with van der Waals surface area (Å²) in [5.74, 6) is 1.35. The lowest BCUT2D eigenvalue weighted by Crippen LogP contribution is -2.32. The molecular formula is C14H14N4O2. The van der Waals surface area contributed by atoms with E-state index in [1.165, 1.54) is 0 Å². The Hall–Kier alpha value is -2.63. The fraction of sp³-hybridized carbons (Fsp3) is 0.214. The molecule has 1 aliphatic rings. The van der Waals surface area contributed by atoms with Gasteiger partial charge in [0.2, 0.25) is 0 Å². The van der Waals surface area contributed by atoms with Crippen LogP contribution in [0.3, 0.4) is 0 Å². The largest absolute Gasteiger partial charge is 0.435 e. The van der Waals surface area contributed by atoms with Gasteiger partial charge in [0.25, 0.3) is 11.8 Å². The number of hydrogen-bond acceptors (Lipinski definition) is 5. The van der Waals surface area contributed by atoms with Crippen LogP contribution >= 0.6 is 0 Å². The summed E-state index contributed by atoms with van der Waals surface area (Å²) in [6.45, 7) is 1.16. The molecule has 0 radical (unpaired) electrons. The molecule has 1 aliphatic heterocycles. The molecule has 0 aliphatic carbocycles. The van der Waals surface area contributed by atoms with E-state index in [2.05, 4.69) is 15.3 Å². The summed E-state index contributed by atoms with van der Waals surface area (Å²) in [4.78, 5) is 22.4. The van der Waals surface area contributed by atoms with Gasteiger partial charge in [0.15, 0.2) is 5.82 Å². The SMILES string of the molecule is CN1CCNc2nccnc2Oc2ccccc2C1=O. The van der Waals surface area contributed by atoms with Crippen LogP contribution in [0, 0.1) is 0 Å². The number of hydrogen-bond donors (Lipinski definition) is 1. The Morgan fingerprint density at radius 1 is 1.25 bits per heavy atom. The predicted octanol–water partition coefficient (Wildman–Crippen LogP) is 1.77. The fourth-order valence-corrected chi connectivity index (χ4v) is 2.01. The summed E-state index contributed by atoms with van der Waals surface area (Å²) in [5.41, 5.74) is 0.522. The maximum absolute atomic E-state index is 12.3. The van der Waals surface area contributed by atoms with E-state index in [0.29, 0.717) is 36.1 Å². The zero-order valence-electron chi connectivity index (χ0n) is 11.0. The summed E-state index contributed by atoms with van der Waals surface area (Å²) in [7, 11) is 1.76. The molecule has 6 heteroatoms. The van der Waals surface area contributed by atoms with Gasteiger partial charge in [-0.3, -0.25) is 4.79 Å². The van der Waals surface area contributed by atoms with Crippen molar-refractivity contribution in [3.8, 4) is 11.6 Å². The number of nitrogens with zero attached hydrogens (tertiary/aromatic N) is 3. The van der Waals surface area contributed by atoms with Gasteiger partial charge in [-0.25, -0.2) is 9.97 Å². The smallest absolute Gasteiger partial charge is 0.262 e. The summed E-state index contributed by atoms with van der Waals surface area (Å²) in [6.07, 6.45) is 3.16. The summed E-state index contributed by atoms with van der Waals surface area (Å²) >= 11 is 0. The van der Waals surface area contributed by atoms with E-state index in [1.807, 2.05) is 12.1 Å². The Labute approximate surface area is 116 Å². The monoisotopic (exact) mass is 270 g/mol. The Morgan fingerprint density at radius 3 is 2.95 bits per heavy atom. The number of aromatic nitrogens is 2. The number of ether oxygens (including phenoxy) is 1. The maximum Gasteiger partial charge on any atom is 0.262 e. The third-order valence-electron chi connectivity index (χ3n) is 3.08. The number of amides is 1. The average Bonchev–Trinajstić information content (AvgIpc) is 2.48. The molecule has 3 rings (SSSR count). The quantitative estimate of drug-likeness (QED) is 0.790. The number of anilines is 1. The number of fused-ring (bicyclic) bond motifs is 2. The van der Waals surface area contributed by atoms with E-state index in [-0.39, 0.29) is 5.91 Å². The molecule has 6 nitrogen and oxygen atoms in total. The van der Waals surface area contributed by atoms with Crippen molar-refractivity contribution < 1.29 is 9.53 Å². The summed E-state index contributed by atoms with van der Waals surface area (Å²) < 4.78 is 5.75. The van der Waals surface area contributed by atoms with E-state index in [4.69, 9.17) is 4.74 Å². The minimum atomic E-state index is -0.0743. The topological polar surface area (TPSA) is 67.3 Å². The van der Waals surface area contributed by atoms with Crippen LogP contribution < -0.4 is 10.1 Å².